The number of rotatable bonds is 8. The lowest BCUT2D eigenvalue weighted by Gasteiger charge is -2.11. The number of nitro groups is 1. The van der Waals surface area contributed by atoms with E-state index in [1.54, 1.807) is 18.2 Å². The Kier molecular flexibility index (Phi) is 6.43. The van der Waals surface area contributed by atoms with Crippen LogP contribution in [0.2, 0.25) is 0 Å². The molecule has 3 aromatic rings. The first-order chi connectivity index (χ1) is 14.5. The first-order valence-corrected chi connectivity index (χ1v) is 9.02. The Hall–Kier alpha value is -4.14. The number of nitrogens with one attached hydrogen (secondary N) is 2. The molecule has 0 aliphatic heterocycles. The minimum Gasteiger partial charge on any atom is -0.493 e. The van der Waals surface area contributed by atoms with E-state index in [0.717, 1.165) is 12.0 Å². The highest BCUT2D eigenvalue weighted by Crippen LogP contribution is 2.29. The topological polar surface area (TPSA) is 127 Å². The fourth-order valence-corrected chi connectivity index (χ4v) is 2.81. The Morgan fingerprint density at radius 1 is 1.03 bits per heavy atom. The summed E-state index contributed by atoms with van der Waals surface area (Å²) < 4.78 is 11.2. The molecule has 0 saturated heterocycles. The van der Waals surface area contributed by atoms with Crippen molar-refractivity contribution in [3.8, 4) is 11.5 Å². The van der Waals surface area contributed by atoms with Crippen molar-refractivity contribution in [3.63, 3.8) is 0 Å². The van der Waals surface area contributed by atoms with Crippen LogP contribution in [0.25, 0.3) is 12.2 Å². The SMILES string of the molecule is COc1cc(C=Cc2[nH]c(=O)[nH]c(=O)c2[N+](=O)[O-])ccc1OCCc1ccccc1. The summed E-state index contributed by atoms with van der Waals surface area (Å²) in [6.07, 6.45) is 3.55. The predicted molar refractivity (Wildman–Crippen MR) is 112 cm³/mol. The summed E-state index contributed by atoms with van der Waals surface area (Å²) in [4.78, 5) is 37.5. The van der Waals surface area contributed by atoms with Crippen LogP contribution in [-0.2, 0) is 6.42 Å². The van der Waals surface area contributed by atoms with Gasteiger partial charge in [-0.15, -0.1) is 0 Å². The molecule has 0 saturated carbocycles. The average molecular weight is 409 g/mol. The summed E-state index contributed by atoms with van der Waals surface area (Å²) in [6.45, 7) is 0.468. The van der Waals surface area contributed by atoms with E-state index < -0.39 is 21.9 Å². The van der Waals surface area contributed by atoms with Gasteiger partial charge in [0, 0.05) is 6.42 Å². The molecular formula is C21H19N3O6. The number of H-pyrrole nitrogens is 2. The van der Waals surface area contributed by atoms with Crippen molar-refractivity contribution in [1.82, 2.24) is 9.97 Å². The van der Waals surface area contributed by atoms with Crippen LogP contribution in [0, 0.1) is 10.1 Å². The number of benzene rings is 2. The molecule has 154 valence electrons. The molecule has 0 radical (unpaired) electrons. The van der Waals surface area contributed by atoms with E-state index in [4.69, 9.17) is 9.47 Å². The standard InChI is InChI=1S/C21H19N3O6/c1-29-18-13-15(7-9-16-19(24(27)28)20(25)23-21(26)22-16)8-10-17(18)30-12-11-14-5-3-2-4-6-14/h2-10,13H,11-12H2,1H3,(H2,22,23,25,26). The molecule has 3 rings (SSSR count). The number of ether oxygens (including phenoxy) is 2. The Balaban J connectivity index is 1.77. The van der Waals surface area contributed by atoms with Gasteiger partial charge in [-0.05, 0) is 29.3 Å². The van der Waals surface area contributed by atoms with Crippen molar-refractivity contribution in [2.75, 3.05) is 13.7 Å². The number of hydrogen-bond donors (Lipinski definition) is 2. The normalized spacial score (nSPS) is 10.8. The summed E-state index contributed by atoms with van der Waals surface area (Å²) in [5.74, 6) is 1.04. The smallest absolute Gasteiger partial charge is 0.357 e. The van der Waals surface area contributed by atoms with Crippen LogP contribution < -0.4 is 20.7 Å². The fourth-order valence-electron chi connectivity index (χ4n) is 2.81. The summed E-state index contributed by atoms with van der Waals surface area (Å²) >= 11 is 0. The molecule has 9 heteroatoms. The summed E-state index contributed by atoms with van der Waals surface area (Å²) in [7, 11) is 1.51. The van der Waals surface area contributed by atoms with Crippen molar-refractivity contribution in [3.05, 3.63) is 96.3 Å². The molecule has 0 bridgehead atoms. The van der Waals surface area contributed by atoms with Gasteiger partial charge in [-0.25, -0.2) is 4.79 Å². The van der Waals surface area contributed by atoms with E-state index in [1.807, 2.05) is 35.3 Å². The molecule has 0 fully saturated rings. The molecule has 9 nitrogen and oxygen atoms in total. The zero-order valence-electron chi connectivity index (χ0n) is 16.1. The zero-order valence-corrected chi connectivity index (χ0v) is 16.1. The first-order valence-electron chi connectivity index (χ1n) is 9.02. The van der Waals surface area contributed by atoms with Crippen molar-refractivity contribution in [2.24, 2.45) is 0 Å². The van der Waals surface area contributed by atoms with E-state index in [1.165, 1.54) is 19.3 Å². The van der Waals surface area contributed by atoms with Gasteiger partial charge in [-0.2, -0.15) is 0 Å². The van der Waals surface area contributed by atoms with E-state index in [-0.39, 0.29) is 5.69 Å². The quantitative estimate of drug-likeness (QED) is 0.435. The summed E-state index contributed by atoms with van der Waals surface area (Å²) in [6, 6.07) is 15.1. The predicted octanol–water partition coefficient (Wildman–Crippen LogP) is 2.77. The van der Waals surface area contributed by atoms with Gasteiger partial charge in [-0.1, -0.05) is 42.5 Å². The molecule has 0 aliphatic rings. The fraction of sp³-hybridized carbons (Fsp3) is 0.143. The molecule has 0 aliphatic carbocycles. The second-order valence-corrected chi connectivity index (χ2v) is 6.26. The number of aromatic amines is 2. The molecule has 2 aromatic carbocycles. The first kappa shape index (κ1) is 20.6. The van der Waals surface area contributed by atoms with E-state index >= 15 is 0 Å². The van der Waals surface area contributed by atoms with Crippen molar-refractivity contribution < 1.29 is 14.4 Å². The largest absolute Gasteiger partial charge is 0.493 e. The molecule has 0 amide bonds. The number of nitrogens with zero attached hydrogens (tertiary/aromatic N) is 1. The average Bonchev–Trinajstić information content (AvgIpc) is 2.72. The van der Waals surface area contributed by atoms with Crippen molar-refractivity contribution in [1.29, 1.82) is 0 Å². The van der Waals surface area contributed by atoms with Crippen LogP contribution in [0.1, 0.15) is 16.8 Å². The maximum atomic E-state index is 11.7. The Morgan fingerprint density at radius 3 is 2.50 bits per heavy atom. The zero-order chi connectivity index (χ0) is 21.5. The third-order valence-electron chi connectivity index (χ3n) is 4.25. The highest BCUT2D eigenvalue weighted by atomic mass is 16.6. The molecule has 1 aromatic heterocycles. The molecule has 0 spiro atoms. The number of hydrogen-bond acceptors (Lipinski definition) is 6. The van der Waals surface area contributed by atoms with Crippen LogP contribution in [0.4, 0.5) is 5.69 Å². The van der Waals surface area contributed by atoms with Gasteiger partial charge in [-0.3, -0.25) is 19.9 Å². The third-order valence-corrected chi connectivity index (χ3v) is 4.25. The Morgan fingerprint density at radius 2 is 1.80 bits per heavy atom. The van der Waals surface area contributed by atoms with Crippen LogP contribution >= 0.6 is 0 Å². The lowest BCUT2D eigenvalue weighted by atomic mass is 10.1. The highest BCUT2D eigenvalue weighted by Gasteiger charge is 2.18. The molecule has 2 N–H and O–H groups in total. The van der Waals surface area contributed by atoms with Crippen LogP contribution in [0.15, 0.2) is 58.1 Å². The van der Waals surface area contributed by atoms with E-state index in [0.29, 0.717) is 23.7 Å². The van der Waals surface area contributed by atoms with Crippen molar-refractivity contribution in [2.45, 2.75) is 6.42 Å². The van der Waals surface area contributed by atoms with Crippen LogP contribution in [0.5, 0.6) is 11.5 Å². The molecule has 0 atom stereocenters. The second kappa shape index (κ2) is 9.37. The van der Waals surface area contributed by atoms with E-state index in [2.05, 4.69) is 4.98 Å². The number of aromatic nitrogens is 2. The van der Waals surface area contributed by atoms with Gasteiger partial charge in [0.2, 0.25) is 0 Å². The summed E-state index contributed by atoms with van der Waals surface area (Å²) in [5.41, 5.74) is -1.04. The van der Waals surface area contributed by atoms with Gasteiger partial charge in [0.05, 0.1) is 18.6 Å². The van der Waals surface area contributed by atoms with Gasteiger partial charge in [0.25, 0.3) is 0 Å². The lowest BCUT2D eigenvalue weighted by Crippen LogP contribution is -2.25. The van der Waals surface area contributed by atoms with E-state index in [9.17, 15) is 19.7 Å². The van der Waals surface area contributed by atoms with Gasteiger partial charge < -0.3 is 14.5 Å². The van der Waals surface area contributed by atoms with Gasteiger partial charge in [0.15, 0.2) is 11.5 Å². The maximum absolute atomic E-state index is 11.7. The Labute approximate surface area is 170 Å². The maximum Gasteiger partial charge on any atom is 0.357 e. The number of methoxy groups -OCH3 is 1. The molecular weight excluding hydrogens is 390 g/mol. The lowest BCUT2D eigenvalue weighted by molar-refractivity contribution is -0.386. The summed E-state index contributed by atoms with van der Waals surface area (Å²) in [5, 5.41) is 11.1. The van der Waals surface area contributed by atoms with Crippen LogP contribution in [0.3, 0.4) is 0 Å². The molecule has 0 unspecified atom stereocenters. The molecule has 1 heterocycles. The van der Waals surface area contributed by atoms with Gasteiger partial charge >= 0.3 is 16.9 Å². The Bertz CT molecular complexity index is 1180. The van der Waals surface area contributed by atoms with Crippen molar-refractivity contribution >= 4 is 17.8 Å². The monoisotopic (exact) mass is 409 g/mol. The van der Waals surface area contributed by atoms with Crippen LogP contribution in [-0.4, -0.2) is 28.6 Å². The minimum absolute atomic E-state index is 0.198. The minimum atomic E-state index is -1.07. The van der Waals surface area contributed by atoms with Gasteiger partial charge in [0.1, 0.15) is 5.69 Å². The highest BCUT2D eigenvalue weighted by molar-refractivity contribution is 5.72. The molecule has 30 heavy (non-hydrogen) atoms. The second-order valence-electron chi connectivity index (χ2n) is 6.26. The third kappa shape index (κ3) is 5.02.